The highest BCUT2D eigenvalue weighted by Gasteiger charge is 2.54. The SMILES string of the molecule is O=C(NCc1cccs1)[C@H]1CN(S(=O)(=O)C2CC2)CC12CCCCC2. The molecule has 0 unspecified atom stereocenters. The standard InChI is InChI=1S/C18H26N2O3S2/c21-17(19-11-14-5-4-10-24-14)16-12-20(25(22,23)15-6-7-15)13-18(16)8-2-1-3-9-18/h4-5,10,15-16H,1-3,6-9,11-13H2,(H,19,21)/t16-/m1/s1. The summed E-state index contributed by atoms with van der Waals surface area (Å²) in [6, 6.07) is 3.99. The van der Waals surface area contributed by atoms with Gasteiger partial charge in [0.2, 0.25) is 15.9 Å². The van der Waals surface area contributed by atoms with Crippen LogP contribution in [0.1, 0.15) is 49.8 Å². The zero-order chi connectivity index (χ0) is 17.5. The van der Waals surface area contributed by atoms with E-state index in [0.29, 0.717) is 19.6 Å². The van der Waals surface area contributed by atoms with E-state index in [1.165, 1.54) is 6.42 Å². The van der Waals surface area contributed by atoms with Crippen molar-refractivity contribution < 1.29 is 13.2 Å². The molecule has 0 aromatic carbocycles. The molecule has 0 radical (unpaired) electrons. The minimum atomic E-state index is -3.21. The van der Waals surface area contributed by atoms with Gasteiger partial charge in [-0.2, -0.15) is 0 Å². The van der Waals surface area contributed by atoms with E-state index in [4.69, 9.17) is 0 Å². The lowest BCUT2D eigenvalue weighted by molar-refractivity contribution is -0.128. The maximum absolute atomic E-state index is 12.9. The largest absolute Gasteiger partial charge is 0.351 e. The van der Waals surface area contributed by atoms with Crippen LogP contribution in [0, 0.1) is 11.3 Å². The molecule has 138 valence electrons. The predicted octanol–water partition coefficient (Wildman–Crippen LogP) is 2.74. The van der Waals surface area contributed by atoms with Gasteiger partial charge in [0.25, 0.3) is 0 Å². The van der Waals surface area contributed by atoms with Crippen LogP contribution in [0.3, 0.4) is 0 Å². The summed E-state index contributed by atoms with van der Waals surface area (Å²) in [6.07, 6.45) is 6.91. The Balaban J connectivity index is 1.51. The average molecular weight is 383 g/mol. The number of hydrogen-bond donors (Lipinski definition) is 1. The fourth-order valence-corrected chi connectivity index (χ4v) is 7.12. The zero-order valence-corrected chi connectivity index (χ0v) is 16.1. The first kappa shape index (κ1) is 17.5. The number of thiophene rings is 1. The van der Waals surface area contributed by atoms with Crippen molar-refractivity contribution in [1.29, 1.82) is 0 Å². The zero-order valence-electron chi connectivity index (χ0n) is 14.4. The fraction of sp³-hybridized carbons (Fsp3) is 0.722. The molecule has 3 aliphatic rings. The lowest BCUT2D eigenvalue weighted by atomic mass is 9.67. The summed E-state index contributed by atoms with van der Waals surface area (Å²) in [5, 5.41) is 4.88. The minimum Gasteiger partial charge on any atom is -0.351 e. The minimum absolute atomic E-state index is 0.0313. The van der Waals surface area contributed by atoms with Gasteiger partial charge in [-0.25, -0.2) is 12.7 Å². The highest BCUT2D eigenvalue weighted by atomic mass is 32.2. The molecule has 2 heterocycles. The molecular formula is C18H26N2O3S2. The van der Waals surface area contributed by atoms with E-state index in [1.54, 1.807) is 15.6 Å². The van der Waals surface area contributed by atoms with Gasteiger partial charge < -0.3 is 5.32 Å². The smallest absolute Gasteiger partial charge is 0.225 e. The molecule has 2 saturated carbocycles. The number of rotatable bonds is 5. The van der Waals surface area contributed by atoms with Crippen LogP contribution in [0.5, 0.6) is 0 Å². The normalized spacial score (nSPS) is 26.8. The molecule has 1 aromatic heterocycles. The maximum atomic E-state index is 12.9. The molecule has 1 amide bonds. The topological polar surface area (TPSA) is 66.5 Å². The Morgan fingerprint density at radius 3 is 2.68 bits per heavy atom. The molecule has 1 atom stereocenters. The molecule has 1 saturated heterocycles. The van der Waals surface area contributed by atoms with Crippen molar-refractivity contribution in [1.82, 2.24) is 9.62 Å². The van der Waals surface area contributed by atoms with Crippen molar-refractivity contribution >= 4 is 27.3 Å². The van der Waals surface area contributed by atoms with E-state index in [1.807, 2.05) is 17.5 Å². The maximum Gasteiger partial charge on any atom is 0.225 e. The second kappa shape index (κ2) is 6.67. The second-order valence-corrected chi connectivity index (χ2v) is 11.1. The molecule has 1 N–H and O–H groups in total. The van der Waals surface area contributed by atoms with Crippen molar-refractivity contribution in [3.63, 3.8) is 0 Å². The van der Waals surface area contributed by atoms with E-state index < -0.39 is 10.0 Å². The van der Waals surface area contributed by atoms with E-state index >= 15 is 0 Å². The Hall–Kier alpha value is -0.920. The summed E-state index contributed by atoms with van der Waals surface area (Å²) in [5.74, 6) is -0.176. The van der Waals surface area contributed by atoms with E-state index in [9.17, 15) is 13.2 Å². The second-order valence-electron chi connectivity index (χ2n) is 7.81. The number of nitrogens with one attached hydrogen (secondary N) is 1. The van der Waals surface area contributed by atoms with Gasteiger partial charge in [-0.3, -0.25) is 4.79 Å². The molecule has 1 aromatic rings. The van der Waals surface area contributed by atoms with Crippen molar-refractivity contribution in [2.75, 3.05) is 13.1 Å². The molecule has 0 bridgehead atoms. The lowest BCUT2D eigenvalue weighted by Crippen LogP contribution is -2.42. The first-order chi connectivity index (χ1) is 12.0. The number of amides is 1. The summed E-state index contributed by atoms with van der Waals surface area (Å²) in [4.78, 5) is 14.1. The van der Waals surface area contributed by atoms with Gasteiger partial charge in [-0.15, -0.1) is 11.3 Å². The van der Waals surface area contributed by atoms with Gasteiger partial charge in [-0.05, 0) is 42.5 Å². The molecule has 4 rings (SSSR count). The Kier molecular flexibility index (Phi) is 4.67. The number of sulfonamides is 1. The van der Waals surface area contributed by atoms with E-state index in [2.05, 4.69) is 5.32 Å². The van der Waals surface area contributed by atoms with Gasteiger partial charge in [0.1, 0.15) is 0 Å². The molecule has 1 spiro atoms. The van der Waals surface area contributed by atoms with Crippen molar-refractivity contribution in [2.24, 2.45) is 11.3 Å². The molecule has 7 heteroatoms. The summed E-state index contributed by atoms with van der Waals surface area (Å²) < 4.78 is 27.1. The summed E-state index contributed by atoms with van der Waals surface area (Å²) >= 11 is 1.63. The molecule has 2 aliphatic carbocycles. The molecular weight excluding hydrogens is 356 g/mol. The van der Waals surface area contributed by atoms with E-state index in [-0.39, 0.29) is 22.5 Å². The highest BCUT2D eigenvalue weighted by Crippen LogP contribution is 2.49. The third-order valence-corrected chi connectivity index (χ3v) is 9.29. The quantitative estimate of drug-likeness (QED) is 0.851. The van der Waals surface area contributed by atoms with Crippen molar-refractivity contribution in [2.45, 2.75) is 56.7 Å². The molecule has 25 heavy (non-hydrogen) atoms. The lowest BCUT2D eigenvalue weighted by Gasteiger charge is -2.37. The Morgan fingerprint density at radius 1 is 1.28 bits per heavy atom. The van der Waals surface area contributed by atoms with Gasteiger partial charge in [0, 0.05) is 18.0 Å². The van der Waals surface area contributed by atoms with Gasteiger partial charge in [-0.1, -0.05) is 25.3 Å². The summed E-state index contributed by atoms with van der Waals surface area (Å²) in [7, 11) is -3.21. The van der Waals surface area contributed by atoms with Crippen LogP contribution < -0.4 is 5.32 Å². The fourth-order valence-electron chi connectivity index (χ4n) is 4.53. The van der Waals surface area contributed by atoms with Gasteiger partial charge in [0.15, 0.2) is 0 Å². The van der Waals surface area contributed by atoms with Gasteiger partial charge in [0.05, 0.1) is 17.7 Å². The summed E-state index contributed by atoms with van der Waals surface area (Å²) in [6.45, 7) is 1.45. The molecule has 5 nitrogen and oxygen atoms in total. The number of carbonyl (C=O) groups excluding carboxylic acids is 1. The van der Waals surface area contributed by atoms with Gasteiger partial charge >= 0.3 is 0 Å². The summed E-state index contributed by atoms with van der Waals surface area (Å²) in [5.41, 5.74) is -0.153. The number of carbonyl (C=O) groups is 1. The third-order valence-electron chi connectivity index (χ3n) is 6.10. The van der Waals surface area contributed by atoms with Crippen molar-refractivity contribution in [3.8, 4) is 0 Å². The molecule has 1 aliphatic heterocycles. The van der Waals surface area contributed by atoms with Crippen LogP contribution in [-0.4, -0.2) is 37.0 Å². The Morgan fingerprint density at radius 2 is 2.04 bits per heavy atom. The Bertz CT molecular complexity index is 720. The monoisotopic (exact) mass is 382 g/mol. The first-order valence-corrected chi connectivity index (χ1v) is 11.7. The van der Waals surface area contributed by atoms with Crippen LogP contribution in [0.4, 0.5) is 0 Å². The third kappa shape index (κ3) is 3.38. The number of hydrogen-bond acceptors (Lipinski definition) is 4. The van der Waals surface area contributed by atoms with Crippen LogP contribution >= 0.6 is 11.3 Å². The van der Waals surface area contributed by atoms with E-state index in [0.717, 1.165) is 43.4 Å². The average Bonchev–Trinajstić information content (AvgIpc) is 3.23. The highest BCUT2D eigenvalue weighted by molar-refractivity contribution is 7.90. The van der Waals surface area contributed by atoms with Crippen LogP contribution in [0.2, 0.25) is 0 Å². The van der Waals surface area contributed by atoms with Crippen LogP contribution in [0.25, 0.3) is 0 Å². The Labute approximate surface area is 153 Å². The van der Waals surface area contributed by atoms with Crippen LogP contribution in [0.15, 0.2) is 17.5 Å². The number of nitrogens with zero attached hydrogens (tertiary/aromatic N) is 1. The van der Waals surface area contributed by atoms with Crippen LogP contribution in [-0.2, 0) is 21.4 Å². The predicted molar refractivity (Wildman–Crippen MR) is 98.7 cm³/mol. The van der Waals surface area contributed by atoms with Crippen molar-refractivity contribution in [3.05, 3.63) is 22.4 Å². The molecule has 3 fully saturated rings. The first-order valence-electron chi connectivity index (χ1n) is 9.30.